The summed E-state index contributed by atoms with van der Waals surface area (Å²) in [5.74, 6) is -1.81. The van der Waals surface area contributed by atoms with E-state index in [0.29, 0.717) is 5.56 Å². The highest BCUT2D eigenvalue weighted by molar-refractivity contribution is 6.53. The number of carbonyl (C=O) groups excluding carboxylic acids is 3. The molecular weight excluding hydrogens is 385 g/mol. The summed E-state index contributed by atoms with van der Waals surface area (Å²) in [5.41, 5.74) is -0.119. The fraction of sp³-hybridized carbons (Fsp3) is 0.588. The van der Waals surface area contributed by atoms with Gasteiger partial charge in [0.2, 0.25) is 0 Å². The molecule has 1 unspecified atom stereocenters. The van der Waals surface area contributed by atoms with Gasteiger partial charge in [-0.3, -0.25) is 4.79 Å². The molecule has 7 nitrogen and oxygen atoms in total. The van der Waals surface area contributed by atoms with Crippen molar-refractivity contribution in [2.24, 2.45) is 5.41 Å². The van der Waals surface area contributed by atoms with Crippen molar-refractivity contribution in [1.29, 1.82) is 0 Å². The standard InChI is InChI=1S/C17H21Cl2NO6/c1-5-24-13(21)11-9(3)12(14(22)25-6-2)20-10(11)7-26-15(23)16(4)8-17(16,18)19/h20H,5-8H2,1-4H3. The van der Waals surface area contributed by atoms with Gasteiger partial charge in [0.1, 0.15) is 22.0 Å². The maximum absolute atomic E-state index is 12.3. The average Bonchev–Trinajstić information content (AvgIpc) is 2.92. The lowest BCUT2D eigenvalue weighted by molar-refractivity contribution is -0.151. The highest BCUT2D eigenvalue weighted by Crippen LogP contribution is 2.64. The van der Waals surface area contributed by atoms with Crippen molar-refractivity contribution < 1.29 is 28.6 Å². The molecule has 1 aromatic rings. The van der Waals surface area contributed by atoms with Crippen molar-refractivity contribution in [3.8, 4) is 0 Å². The molecule has 0 saturated heterocycles. The summed E-state index contributed by atoms with van der Waals surface area (Å²) in [5, 5.41) is 0. The van der Waals surface area contributed by atoms with Crippen molar-refractivity contribution in [1.82, 2.24) is 4.98 Å². The second-order valence-corrected chi connectivity index (χ2v) is 7.69. The fourth-order valence-electron chi connectivity index (χ4n) is 2.57. The number of nitrogens with one attached hydrogen (secondary N) is 1. The third-order valence-electron chi connectivity index (χ3n) is 4.34. The summed E-state index contributed by atoms with van der Waals surface area (Å²) in [6, 6.07) is 0. The van der Waals surface area contributed by atoms with Crippen LogP contribution in [-0.2, 0) is 25.6 Å². The fourth-order valence-corrected chi connectivity index (χ4v) is 3.26. The van der Waals surface area contributed by atoms with Crippen LogP contribution in [0, 0.1) is 12.3 Å². The van der Waals surface area contributed by atoms with Crippen molar-refractivity contribution in [2.45, 2.75) is 45.1 Å². The molecule has 1 atom stereocenters. The first kappa shape index (κ1) is 20.6. The summed E-state index contributed by atoms with van der Waals surface area (Å²) < 4.78 is 14.1. The lowest BCUT2D eigenvalue weighted by atomic mass is 10.1. The van der Waals surface area contributed by atoms with E-state index < -0.39 is 27.7 Å². The number of ether oxygens (including phenoxy) is 3. The molecule has 0 bridgehead atoms. The average molecular weight is 406 g/mol. The normalized spacial score (nSPS) is 20.4. The molecule has 0 radical (unpaired) electrons. The molecule has 1 N–H and O–H groups in total. The minimum absolute atomic E-state index is 0.114. The molecule has 2 rings (SSSR count). The predicted molar refractivity (Wildman–Crippen MR) is 94.4 cm³/mol. The van der Waals surface area contributed by atoms with E-state index >= 15 is 0 Å². The van der Waals surface area contributed by atoms with E-state index in [-0.39, 0.29) is 43.2 Å². The van der Waals surface area contributed by atoms with Crippen LogP contribution >= 0.6 is 23.2 Å². The zero-order valence-electron chi connectivity index (χ0n) is 15.0. The molecule has 1 aromatic heterocycles. The molecule has 144 valence electrons. The molecule has 26 heavy (non-hydrogen) atoms. The number of hydrogen-bond acceptors (Lipinski definition) is 6. The Morgan fingerprint density at radius 1 is 1.08 bits per heavy atom. The second kappa shape index (κ2) is 7.48. The third-order valence-corrected chi connectivity index (χ3v) is 5.44. The Morgan fingerprint density at radius 3 is 2.12 bits per heavy atom. The van der Waals surface area contributed by atoms with Crippen LogP contribution in [0.5, 0.6) is 0 Å². The first-order valence-electron chi connectivity index (χ1n) is 8.19. The van der Waals surface area contributed by atoms with E-state index in [1.165, 1.54) is 0 Å². The number of carbonyl (C=O) groups is 3. The van der Waals surface area contributed by atoms with E-state index in [1.54, 1.807) is 27.7 Å². The monoisotopic (exact) mass is 405 g/mol. The molecule has 0 aromatic carbocycles. The van der Waals surface area contributed by atoms with E-state index in [4.69, 9.17) is 37.4 Å². The molecule has 1 aliphatic rings. The molecule has 0 aliphatic heterocycles. The van der Waals surface area contributed by atoms with Gasteiger partial charge in [-0.15, -0.1) is 23.2 Å². The summed E-state index contributed by atoms with van der Waals surface area (Å²) in [4.78, 5) is 39.4. The Labute approximate surface area is 161 Å². The zero-order chi connectivity index (χ0) is 19.7. The lowest BCUT2D eigenvalue weighted by Gasteiger charge is -2.12. The number of esters is 3. The minimum atomic E-state index is -1.16. The Kier molecular flexibility index (Phi) is 5.92. The van der Waals surface area contributed by atoms with Gasteiger partial charge in [0, 0.05) is 6.42 Å². The van der Waals surface area contributed by atoms with E-state index in [9.17, 15) is 14.4 Å². The molecule has 0 amide bonds. The number of halogens is 2. The van der Waals surface area contributed by atoms with Gasteiger partial charge < -0.3 is 19.2 Å². The number of rotatable bonds is 7. The van der Waals surface area contributed by atoms with Gasteiger partial charge in [0.15, 0.2) is 0 Å². The quantitative estimate of drug-likeness (QED) is 0.424. The number of alkyl halides is 2. The van der Waals surface area contributed by atoms with Crippen LogP contribution in [0.4, 0.5) is 0 Å². The Balaban J connectivity index is 2.25. The maximum atomic E-state index is 12.3. The van der Waals surface area contributed by atoms with Gasteiger partial charge in [-0.1, -0.05) is 0 Å². The topological polar surface area (TPSA) is 94.7 Å². The minimum Gasteiger partial charge on any atom is -0.462 e. The van der Waals surface area contributed by atoms with E-state index in [0.717, 1.165) is 0 Å². The van der Waals surface area contributed by atoms with Crippen LogP contribution in [0.3, 0.4) is 0 Å². The van der Waals surface area contributed by atoms with Crippen LogP contribution in [0.25, 0.3) is 0 Å². The molecule has 1 aliphatic carbocycles. The van der Waals surface area contributed by atoms with Gasteiger partial charge in [-0.05, 0) is 33.3 Å². The first-order valence-corrected chi connectivity index (χ1v) is 8.95. The number of aromatic nitrogens is 1. The highest BCUT2D eigenvalue weighted by atomic mass is 35.5. The van der Waals surface area contributed by atoms with Crippen molar-refractivity contribution in [3.63, 3.8) is 0 Å². The molecule has 1 fully saturated rings. The van der Waals surface area contributed by atoms with Gasteiger partial charge >= 0.3 is 17.9 Å². The lowest BCUT2D eigenvalue weighted by Crippen LogP contribution is -2.21. The smallest absolute Gasteiger partial charge is 0.355 e. The first-order chi connectivity index (χ1) is 12.1. The number of H-pyrrole nitrogens is 1. The summed E-state index contributed by atoms with van der Waals surface area (Å²) >= 11 is 12.0. The van der Waals surface area contributed by atoms with Crippen molar-refractivity contribution in [2.75, 3.05) is 13.2 Å². The maximum Gasteiger partial charge on any atom is 0.355 e. The van der Waals surface area contributed by atoms with Gasteiger partial charge in [-0.2, -0.15) is 0 Å². The van der Waals surface area contributed by atoms with E-state index in [2.05, 4.69) is 4.98 Å². The third kappa shape index (κ3) is 3.69. The van der Waals surface area contributed by atoms with Gasteiger partial charge in [0.05, 0.1) is 24.5 Å². The SMILES string of the molecule is CCOC(=O)c1[nH]c(COC(=O)C2(C)CC2(Cl)Cl)c(C(=O)OCC)c1C. The van der Waals surface area contributed by atoms with Crippen molar-refractivity contribution >= 4 is 41.1 Å². The van der Waals surface area contributed by atoms with Gasteiger partial charge in [-0.25, -0.2) is 9.59 Å². The number of hydrogen-bond donors (Lipinski definition) is 1. The predicted octanol–water partition coefficient (Wildman–Crippen LogP) is 3.30. The van der Waals surface area contributed by atoms with Crippen LogP contribution in [0.1, 0.15) is 59.3 Å². The molecular formula is C17H21Cl2NO6. The molecule has 9 heteroatoms. The molecule has 0 spiro atoms. The van der Waals surface area contributed by atoms with Crippen LogP contribution in [0.2, 0.25) is 0 Å². The summed E-state index contributed by atoms with van der Waals surface area (Å²) in [6.45, 7) is 6.62. The largest absolute Gasteiger partial charge is 0.462 e. The van der Waals surface area contributed by atoms with Crippen molar-refractivity contribution in [3.05, 3.63) is 22.5 Å². The van der Waals surface area contributed by atoms with E-state index in [1.807, 2.05) is 0 Å². The Hall–Kier alpha value is -1.73. The Bertz CT molecular complexity index is 742. The second-order valence-electron chi connectivity index (χ2n) is 6.21. The Morgan fingerprint density at radius 2 is 1.62 bits per heavy atom. The van der Waals surface area contributed by atoms with Crippen LogP contribution in [-0.4, -0.2) is 40.4 Å². The number of aromatic amines is 1. The van der Waals surface area contributed by atoms with Crippen LogP contribution < -0.4 is 0 Å². The summed E-state index contributed by atoms with van der Waals surface area (Å²) in [6.07, 6.45) is 0.282. The molecule has 1 heterocycles. The highest BCUT2D eigenvalue weighted by Gasteiger charge is 2.69. The van der Waals surface area contributed by atoms with Gasteiger partial charge in [0.25, 0.3) is 0 Å². The van der Waals surface area contributed by atoms with Crippen LogP contribution in [0.15, 0.2) is 0 Å². The zero-order valence-corrected chi connectivity index (χ0v) is 16.5. The molecule has 1 saturated carbocycles. The summed E-state index contributed by atoms with van der Waals surface area (Å²) in [7, 11) is 0.